The third-order valence-electron chi connectivity index (χ3n) is 2.93. The number of hydrogen-bond donors (Lipinski definition) is 2. The van der Waals surface area contributed by atoms with Gasteiger partial charge in [-0.3, -0.25) is 4.72 Å². The summed E-state index contributed by atoms with van der Waals surface area (Å²) in [7, 11) is -3.22. The van der Waals surface area contributed by atoms with Gasteiger partial charge in [-0.15, -0.1) is 0 Å². The number of aryl methyl sites for hydroxylation is 1. The molecule has 2 N–H and O–H groups in total. The highest BCUT2D eigenvalue weighted by atomic mass is 32.2. The zero-order valence-electron chi connectivity index (χ0n) is 11.6. The lowest BCUT2D eigenvalue weighted by Crippen LogP contribution is -2.09. The van der Waals surface area contributed by atoms with Gasteiger partial charge in [-0.2, -0.15) is 0 Å². The smallest absolute Gasteiger partial charge is 0.229 e. The van der Waals surface area contributed by atoms with Gasteiger partial charge in [0.05, 0.1) is 6.26 Å². The van der Waals surface area contributed by atoms with Gasteiger partial charge >= 0.3 is 0 Å². The molecule has 5 heteroatoms. The lowest BCUT2D eigenvalue weighted by Gasteiger charge is -2.10. The molecule has 0 saturated carbocycles. The van der Waals surface area contributed by atoms with Crippen LogP contribution in [0.5, 0.6) is 0 Å². The van der Waals surface area contributed by atoms with Gasteiger partial charge in [-0.25, -0.2) is 8.42 Å². The Morgan fingerprint density at radius 2 is 1.55 bits per heavy atom. The van der Waals surface area contributed by atoms with Crippen LogP contribution >= 0.6 is 0 Å². The van der Waals surface area contributed by atoms with E-state index in [-0.39, 0.29) is 0 Å². The Hall–Kier alpha value is -2.01. The van der Waals surface area contributed by atoms with Crippen molar-refractivity contribution in [3.63, 3.8) is 0 Å². The minimum absolute atomic E-state index is 0.564. The van der Waals surface area contributed by atoms with Crippen LogP contribution in [0.3, 0.4) is 0 Å². The van der Waals surface area contributed by atoms with Gasteiger partial charge in [-0.05, 0) is 42.3 Å². The summed E-state index contributed by atoms with van der Waals surface area (Å²) in [6.45, 7) is 2.82. The van der Waals surface area contributed by atoms with Crippen molar-refractivity contribution in [1.82, 2.24) is 0 Å². The molecule has 4 nitrogen and oxygen atoms in total. The Balaban J connectivity index is 1.99. The van der Waals surface area contributed by atoms with E-state index in [4.69, 9.17) is 0 Å². The van der Waals surface area contributed by atoms with Crippen LogP contribution in [0.4, 0.5) is 11.4 Å². The highest BCUT2D eigenvalue weighted by Gasteiger charge is 2.02. The molecule has 106 valence electrons. The molecule has 0 fully saturated rings. The summed E-state index contributed by atoms with van der Waals surface area (Å²) in [6.07, 6.45) is 1.14. The molecule has 0 atom stereocenters. The number of rotatable bonds is 5. The van der Waals surface area contributed by atoms with Gasteiger partial charge in [0, 0.05) is 17.9 Å². The van der Waals surface area contributed by atoms with Crippen molar-refractivity contribution in [3.05, 3.63) is 59.7 Å². The number of benzene rings is 2. The van der Waals surface area contributed by atoms with E-state index in [9.17, 15) is 8.42 Å². The van der Waals surface area contributed by atoms with Crippen LogP contribution in [-0.4, -0.2) is 14.7 Å². The second-order valence-corrected chi connectivity index (χ2v) is 6.48. The van der Waals surface area contributed by atoms with Gasteiger partial charge in [0.25, 0.3) is 0 Å². The molecule has 0 saturated heterocycles. The zero-order valence-corrected chi connectivity index (χ0v) is 12.4. The largest absolute Gasteiger partial charge is 0.381 e. The summed E-state index contributed by atoms with van der Waals surface area (Å²) in [6, 6.07) is 15.4. The Kier molecular flexibility index (Phi) is 4.29. The zero-order chi connectivity index (χ0) is 14.6. The Bertz CT molecular complexity index is 679. The third kappa shape index (κ3) is 4.28. The van der Waals surface area contributed by atoms with E-state index in [0.717, 1.165) is 18.5 Å². The van der Waals surface area contributed by atoms with Gasteiger partial charge in [0.15, 0.2) is 0 Å². The highest BCUT2D eigenvalue weighted by Crippen LogP contribution is 2.16. The van der Waals surface area contributed by atoms with Crippen LogP contribution in [0, 0.1) is 6.92 Å². The average Bonchev–Trinajstić information content (AvgIpc) is 2.38. The normalized spacial score (nSPS) is 11.1. The van der Waals surface area contributed by atoms with E-state index in [2.05, 4.69) is 29.1 Å². The summed E-state index contributed by atoms with van der Waals surface area (Å²) in [5.74, 6) is 0. The first-order valence-corrected chi connectivity index (χ1v) is 8.19. The molecule has 2 aromatic carbocycles. The SMILES string of the molecule is Cc1ccccc1CNc1ccc(NS(C)(=O)=O)cc1. The fourth-order valence-electron chi connectivity index (χ4n) is 1.88. The summed E-state index contributed by atoms with van der Waals surface area (Å²) < 4.78 is 24.6. The van der Waals surface area contributed by atoms with E-state index in [1.54, 1.807) is 12.1 Å². The second-order valence-electron chi connectivity index (χ2n) is 4.73. The van der Waals surface area contributed by atoms with Crippen LogP contribution < -0.4 is 10.0 Å². The predicted molar refractivity (Wildman–Crippen MR) is 83.4 cm³/mol. The lowest BCUT2D eigenvalue weighted by atomic mass is 10.1. The van der Waals surface area contributed by atoms with Crippen molar-refractivity contribution < 1.29 is 8.42 Å². The second kappa shape index (κ2) is 5.96. The van der Waals surface area contributed by atoms with Crippen molar-refractivity contribution in [2.24, 2.45) is 0 Å². The molecule has 0 spiro atoms. The Morgan fingerprint density at radius 3 is 2.15 bits per heavy atom. The van der Waals surface area contributed by atoms with E-state index in [1.165, 1.54) is 11.1 Å². The first kappa shape index (κ1) is 14.4. The monoisotopic (exact) mass is 290 g/mol. The maximum absolute atomic E-state index is 11.1. The van der Waals surface area contributed by atoms with Crippen LogP contribution in [0.2, 0.25) is 0 Å². The van der Waals surface area contributed by atoms with Gasteiger partial charge < -0.3 is 5.32 Å². The number of sulfonamides is 1. The average molecular weight is 290 g/mol. The predicted octanol–water partition coefficient (Wildman–Crippen LogP) is 2.98. The summed E-state index contributed by atoms with van der Waals surface area (Å²) in [5.41, 5.74) is 4.00. The summed E-state index contributed by atoms with van der Waals surface area (Å²) in [4.78, 5) is 0. The van der Waals surface area contributed by atoms with Crippen LogP contribution in [0.25, 0.3) is 0 Å². The maximum atomic E-state index is 11.1. The molecule has 2 aromatic rings. The van der Waals surface area contributed by atoms with Gasteiger partial charge in [-0.1, -0.05) is 24.3 Å². The third-order valence-corrected chi connectivity index (χ3v) is 3.54. The van der Waals surface area contributed by atoms with Gasteiger partial charge in [0.2, 0.25) is 10.0 Å². The van der Waals surface area contributed by atoms with E-state index in [0.29, 0.717) is 5.69 Å². The minimum Gasteiger partial charge on any atom is -0.381 e. The topological polar surface area (TPSA) is 58.2 Å². The minimum atomic E-state index is -3.22. The number of hydrogen-bond acceptors (Lipinski definition) is 3. The molecule has 0 aromatic heterocycles. The lowest BCUT2D eigenvalue weighted by molar-refractivity contribution is 0.607. The standard InChI is InChI=1S/C15H18N2O2S/c1-12-5-3-4-6-13(12)11-16-14-7-9-15(10-8-14)17-20(2,18)19/h3-10,16-17H,11H2,1-2H3. The molecule has 0 aliphatic heterocycles. The highest BCUT2D eigenvalue weighted by molar-refractivity contribution is 7.92. The summed E-state index contributed by atoms with van der Waals surface area (Å²) >= 11 is 0. The maximum Gasteiger partial charge on any atom is 0.229 e. The van der Waals surface area contributed by atoms with Crippen LogP contribution in [0.1, 0.15) is 11.1 Å². The molecule has 0 radical (unpaired) electrons. The summed E-state index contributed by atoms with van der Waals surface area (Å²) in [5, 5.41) is 3.31. The Labute approximate surface area is 119 Å². The van der Waals surface area contributed by atoms with Gasteiger partial charge in [0.1, 0.15) is 0 Å². The van der Waals surface area contributed by atoms with E-state index >= 15 is 0 Å². The fraction of sp³-hybridized carbons (Fsp3) is 0.200. The molecule has 0 heterocycles. The van der Waals surface area contributed by atoms with E-state index < -0.39 is 10.0 Å². The van der Waals surface area contributed by atoms with Crippen molar-refractivity contribution in [2.45, 2.75) is 13.5 Å². The van der Waals surface area contributed by atoms with Crippen molar-refractivity contribution in [1.29, 1.82) is 0 Å². The molecule has 2 rings (SSSR count). The number of anilines is 2. The molecule has 0 amide bonds. The molecule has 0 aliphatic rings. The molecule has 0 bridgehead atoms. The fourth-order valence-corrected chi connectivity index (χ4v) is 2.44. The van der Waals surface area contributed by atoms with Crippen LogP contribution in [-0.2, 0) is 16.6 Å². The molecule has 20 heavy (non-hydrogen) atoms. The van der Waals surface area contributed by atoms with E-state index in [1.807, 2.05) is 24.3 Å². The van der Waals surface area contributed by atoms with Crippen molar-refractivity contribution in [2.75, 3.05) is 16.3 Å². The van der Waals surface area contributed by atoms with Crippen LogP contribution in [0.15, 0.2) is 48.5 Å². The molecule has 0 aliphatic carbocycles. The molecule has 0 unspecified atom stereocenters. The molecular weight excluding hydrogens is 272 g/mol. The van der Waals surface area contributed by atoms with Crippen molar-refractivity contribution in [3.8, 4) is 0 Å². The molecular formula is C15H18N2O2S. The van der Waals surface area contributed by atoms with Crippen molar-refractivity contribution >= 4 is 21.4 Å². The number of nitrogens with one attached hydrogen (secondary N) is 2. The first-order chi connectivity index (χ1) is 9.44. The Morgan fingerprint density at radius 1 is 0.950 bits per heavy atom. The first-order valence-electron chi connectivity index (χ1n) is 6.30. The quantitative estimate of drug-likeness (QED) is 0.890.